The SMILES string of the molecule is CCOC(=O)C1CCCN(C(=O)C2CC(c3cccc(Cl)c3)NN2)C1. The van der Waals surface area contributed by atoms with Crippen molar-refractivity contribution in [1.82, 2.24) is 15.8 Å². The number of nitrogens with one attached hydrogen (secondary N) is 2. The molecule has 2 N–H and O–H groups in total. The highest BCUT2D eigenvalue weighted by Crippen LogP contribution is 2.26. The predicted octanol–water partition coefficient (Wildman–Crippen LogP) is 2.05. The first-order valence-corrected chi connectivity index (χ1v) is 9.18. The zero-order valence-corrected chi connectivity index (χ0v) is 15.1. The number of hydrazine groups is 1. The number of carbonyl (C=O) groups is 2. The molecular formula is C18H24ClN3O3. The van der Waals surface area contributed by atoms with Gasteiger partial charge in [0.2, 0.25) is 5.91 Å². The van der Waals surface area contributed by atoms with Crippen molar-refractivity contribution in [1.29, 1.82) is 0 Å². The van der Waals surface area contributed by atoms with Crippen LogP contribution in [0, 0.1) is 5.92 Å². The monoisotopic (exact) mass is 365 g/mol. The van der Waals surface area contributed by atoms with Gasteiger partial charge in [0.05, 0.1) is 12.5 Å². The Bertz CT molecular complexity index is 640. The van der Waals surface area contributed by atoms with Gasteiger partial charge < -0.3 is 9.64 Å². The number of hydrogen-bond acceptors (Lipinski definition) is 5. The fourth-order valence-electron chi connectivity index (χ4n) is 3.51. The quantitative estimate of drug-likeness (QED) is 0.799. The summed E-state index contributed by atoms with van der Waals surface area (Å²) in [7, 11) is 0. The number of benzene rings is 1. The molecule has 2 aliphatic heterocycles. The van der Waals surface area contributed by atoms with Crippen molar-refractivity contribution >= 4 is 23.5 Å². The fraction of sp³-hybridized carbons (Fsp3) is 0.556. The summed E-state index contributed by atoms with van der Waals surface area (Å²) in [6.45, 7) is 3.30. The Morgan fingerprint density at radius 3 is 2.96 bits per heavy atom. The first-order chi connectivity index (χ1) is 12.1. The van der Waals surface area contributed by atoms with Gasteiger partial charge in [0.25, 0.3) is 0 Å². The molecule has 2 aliphatic rings. The molecule has 6 nitrogen and oxygen atoms in total. The Balaban J connectivity index is 1.59. The first kappa shape index (κ1) is 18.2. The lowest BCUT2D eigenvalue weighted by Gasteiger charge is -2.33. The third-order valence-electron chi connectivity index (χ3n) is 4.81. The summed E-state index contributed by atoms with van der Waals surface area (Å²) in [6, 6.07) is 7.38. The standard InChI is InChI=1S/C18H24ClN3O3/c1-2-25-18(24)13-6-4-8-22(11-13)17(23)16-10-15(20-21-16)12-5-3-7-14(19)9-12/h3,5,7,9,13,15-16,20-21H,2,4,6,8,10-11H2,1H3. The zero-order valence-electron chi connectivity index (χ0n) is 14.3. The van der Waals surface area contributed by atoms with Gasteiger partial charge in [-0.15, -0.1) is 0 Å². The van der Waals surface area contributed by atoms with Crippen molar-refractivity contribution in [3.05, 3.63) is 34.9 Å². The minimum absolute atomic E-state index is 0.0334. The van der Waals surface area contributed by atoms with E-state index in [0.29, 0.717) is 31.1 Å². The molecule has 136 valence electrons. The maximum absolute atomic E-state index is 12.8. The molecule has 0 radical (unpaired) electrons. The number of amides is 1. The third kappa shape index (κ3) is 4.32. The van der Waals surface area contributed by atoms with Gasteiger partial charge in [-0.3, -0.25) is 9.59 Å². The van der Waals surface area contributed by atoms with Crippen LogP contribution >= 0.6 is 11.6 Å². The molecule has 0 bridgehead atoms. The topological polar surface area (TPSA) is 70.7 Å². The fourth-order valence-corrected chi connectivity index (χ4v) is 3.71. The van der Waals surface area contributed by atoms with E-state index in [4.69, 9.17) is 16.3 Å². The summed E-state index contributed by atoms with van der Waals surface area (Å²) in [5, 5.41) is 0.683. The molecule has 0 aromatic heterocycles. The van der Waals surface area contributed by atoms with Gasteiger partial charge in [0.1, 0.15) is 6.04 Å². The van der Waals surface area contributed by atoms with E-state index in [-0.39, 0.29) is 29.9 Å². The van der Waals surface area contributed by atoms with E-state index >= 15 is 0 Å². The minimum atomic E-state index is -0.301. The van der Waals surface area contributed by atoms with Gasteiger partial charge >= 0.3 is 5.97 Å². The molecule has 2 fully saturated rings. The average Bonchev–Trinajstić information content (AvgIpc) is 3.11. The van der Waals surface area contributed by atoms with Crippen molar-refractivity contribution in [3.8, 4) is 0 Å². The highest BCUT2D eigenvalue weighted by Gasteiger charge is 2.36. The van der Waals surface area contributed by atoms with Crippen molar-refractivity contribution in [2.45, 2.75) is 38.3 Å². The van der Waals surface area contributed by atoms with E-state index in [9.17, 15) is 9.59 Å². The Morgan fingerprint density at radius 1 is 1.36 bits per heavy atom. The van der Waals surface area contributed by atoms with Gasteiger partial charge in [-0.1, -0.05) is 23.7 Å². The smallest absolute Gasteiger partial charge is 0.310 e. The third-order valence-corrected chi connectivity index (χ3v) is 5.04. The maximum atomic E-state index is 12.8. The number of hydrogen-bond donors (Lipinski definition) is 2. The highest BCUT2D eigenvalue weighted by atomic mass is 35.5. The number of nitrogens with zero attached hydrogens (tertiary/aromatic N) is 1. The van der Waals surface area contributed by atoms with Crippen molar-refractivity contribution < 1.29 is 14.3 Å². The average molecular weight is 366 g/mol. The number of carbonyl (C=O) groups excluding carboxylic acids is 2. The molecule has 1 aromatic carbocycles. The first-order valence-electron chi connectivity index (χ1n) is 8.80. The van der Waals surface area contributed by atoms with Crippen molar-refractivity contribution in [3.63, 3.8) is 0 Å². The van der Waals surface area contributed by atoms with Crippen molar-refractivity contribution in [2.75, 3.05) is 19.7 Å². The molecule has 0 aliphatic carbocycles. The van der Waals surface area contributed by atoms with E-state index in [1.54, 1.807) is 11.8 Å². The molecule has 3 unspecified atom stereocenters. The van der Waals surface area contributed by atoms with Gasteiger partial charge in [0.15, 0.2) is 0 Å². The minimum Gasteiger partial charge on any atom is -0.466 e. The van der Waals surface area contributed by atoms with Crippen molar-refractivity contribution in [2.24, 2.45) is 5.92 Å². The molecule has 3 rings (SSSR count). The summed E-state index contributed by atoms with van der Waals surface area (Å²) in [5.74, 6) is -0.379. The van der Waals surface area contributed by atoms with E-state index in [1.165, 1.54) is 0 Å². The van der Waals surface area contributed by atoms with Crippen LogP contribution < -0.4 is 10.9 Å². The highest BCUT2D eigenvalue weighted by molar-refractivity contribution is 6.30. The van der Waals surface area contributed by atoms with Crippen LogP contribution in [0.15, 0.2) is 24.3 Å². The van der Waals surface area contributed by atoms with Gasteiger partial charge in [0, 0.05) is 24.2 Å². The van der Waals surface area contributed by atoms with Crippen LogP contribution in [-0.4, -0.2) is 42.5 Å². The second-order valence-electron chi connectivity index (χ2n) is 6.56. The van der Waals surface area contributed by atoms with E-state index in [2.05, 4.69) is 10.9 Å². The van der Waals surface area contributed by atoms with Gasteiger partial charge in [-0.2, -0.15) is 0 Å². The summed E-state index contributed by atoms with van der Waals surface area (Å²) >= 11 is 6.05. The van der Waals surface area contributed by atoms with Crippen LogP contribution in [0.1, 0.15) is 37.8 Å². The Kier molecular flexibility index (Phi) is 5.93. The Labute approximate surface area is 152 Å². The lowest BCUT2D eigenvalue weighted by Crippen LogP contribution is -2.50. The van der Waals surface area contributed by atoms with Crippen LogP contribution in [-0.2, 0) is 14.3 Å². The molecule has 2 heterocycles. The largest absolute Gasteiger partial charge is 0.466 e. The summed E-state index contributed by atoms with van der Waals surface area (Å²) in [6.07, 6.45) is 2.26. The lowest BCUT2D eigenvalue weighted by atomic mass is 9.96. The van der Waals surface area contributed by atoms with Crippen LogP contribution in [0.5, 0.6) is 0 Å². The molecule has 0 spiro atoms. The molecule has 1 amide bonds. The number of rotatable bonds is 4. The second-order valence-corrected chi connectivity index (χ2v) is 7.00. The number of ether oxygens (including phenoxy) is 1. The molecule has 3 atom stereocenters. The summed E-state index contributed by atoms with van der Waals surface area (Å²) in [5.41, 5.74) is 7.32. The van der Waals surface area contributed by atoms with Gasteiger partial charge in [-0.05, 0) is 43.9 Å². The number of likely N-dealkylation sites (tertiary alicyclic amines) is 1. The zero-order chi connectivity index (χ0) is 17.8. The van der Waals surface area contributed by atoms with Crippen LogP contribution in [0.25, 0.3) is 0 Å². The summed E-state index contributed by atoms with van der Waals surface area (Å²) in [4.78, 5) is 26.6. The number of halogens is 1. The molecular weight excluding hydrogens is 342 g/mol. The van der Waals surface area contributed by atoms with Gasteiger partial charge in [-0.25, -0.2) is 10.9 Å². The number of piperidine rings is 1. The van der Waals surface area contributed by atoms with Crippen LogP contribution in [0.2, 0.25) is 5.02 Å². The van der Waals surface area contributed by atoms with Crippen LogP contribution in [0.3, 0.4) is 0 Å². The molecule has 1 aromatic rings. The van der Waals surface area contributed by atoms with E-state index in [1.807, 2.05) is 24.3 Å². The lowest BCUT2D eigenvalue weighted by molar-refractivity contribution is -0.151. The summed E-state index contributed by atoms with van der Waals surface area (Å²) < 4.78 is 5.10. The molecule has 2 saturated heterocycles. The maximum Gasteiger partial charge on any atom is 0.310 e. The molecule has 7 heteroatoms. The Morgan fingerprint density at radius 2 is 2.20 bits per heavy atom. The normalized spacial score (nSPS) is 26.5. The van der Waals surface area contributed by atoms with E-state index in [0.717, 1.165) is 18.4 Å². The predicted molar refractivity (Wildman–Crippen MR) is 94.8 cm³/mol. The molecule has 25 heavy (non-hydrogen) atoms. The Hall–Kier alpha value is -1.63. The van der Waals surface area contributed by atoms with Crippen LogP contribution in [0.4, 0.5) is 0 Å². The second kappa shape index (κ2) is 8.17. The van der Waals surface area contributed by atoms with E-state index < -0.39 is 0 Å². The molecule has 0 saturated carbocycles. The number of esters is 1.